The van der Waals surface area contributed by atoms with Gasteiger partial charge in [-0.2, -0.15) is 0 Å². The Hall–Kier alpha value is -1.15. The molecule has 0 spiro atoms. The van der Waals surface area contributed by atoms with Crippen molar-refractivity contribution in [1.82, 2.24) is 0 Å². The largest absolute Gasteiger partial charge is 0.377 e. The molecule has 0 aromatic heterocycles. The minimum absolute atomic E-state index is 0.130. The van der Waals surface area contributed by atoms with E-state index in [1.54, 1.807) is 0 Å². The zero-order chi connectivity index (χ0) is 16.1. The van der Waals surface area contributed by atoms with Crippen molar-refractivity contribution in [2.24, 2.45) is 5.92 Å². The average Bonchev–Trinajstić information content (AvgIpc) is 3.02. The summed E-state index contributed by atoms with van der Waals surface area (Å²) in [5.41, 5.74) is 4.60. The number of hydrogen-bond acceptors (Lipinski definition) is 1. The molecule has 0 radical (unpaired) electrons. The first-order chi connectivity index (χ1) is 11.1. The van der Waals surface area contributed by atoms with E-state index in [0.717, 1.165) is 22.7 Å². The fourth-order valence-corrected chi connectivity index (χ4v) is 4.59. The van der Waals surface area contributed by atoms with Gasteiger partial charge >= 0.3 is 0 Å². The van der Waals surface area contributed by atoms with Gasteiger partial charge in [0.1, 0.15) is 0 Å². The van der Waals surface area contributed by atoms with Gasteiger partial charge in [0.25, 0.3) is 0 Å². The van der Waals surface area contributed by atoms with Crippen molar-refractivity contribution >= 4 is 40.5 Å². The Morgan fingerprint density at radius 3 is 2.70 bits per heavy atom. The van der Waals surface area contributed by atoms with Gasteiger partial charge in [-0.1, -0.05) is 65.2 Å². The van der Waals surface area contributed by atoms with Crippen LogP contribution in [0.3, 0.4) is 0 Å². The highest BCUT2D eigenvalue weighted by Crippen LogP contribution is 2.53. The van der Waals surface area contributed by atoms with E-state index in [-0.39, 0.29) is 6.04 Å². The second kappa shape index (κ2) is 5.73. The molecular weight excluding hydrogens is 349 g/mol. The highest BCUT2D eigenvalue weighted by Gasteiger charge is 2.40. The number of allylic oxidation sites excluding steroid dienone is 2. The SMILES string of the molecule is Cc1ccc(Cl)c2c1N[C@H](c1cccc(Cl)c1Cl)[C@H]1CC=C[C@H]21. The summed E-state index contributed by atoms with van der Waals surface area (Å²) in [6, 6.07) is 10.0. The summed E-state index contributed by atoms with van der Waals surface area (Å²) in [5.74, 6) is 0.719. The number of hydrogen-bond donors (Lipinski definition) is 1. The van der Waals surface area contributed by atoms with E-state index >= 15 is 0 Å². The van der Waals surface area contributed by atoms with Crippen molar-refractivity contribution < 1.29 is 0 Å². The van der Waals surface area contributed by atoms with Crippen molar-refractivity contribution in [3.05, 3.63) is 74.2 Å². The van der Waals surface area contributed by atoms with Gasteiger partial charge < -0.3 is 5.32 Å². The first-order valence-electron chi connectivity index (χ1n) is 7.74. The zero-order valence-corrected chi connectivity index (χ0v) is 14.9. The van der Waals surface area contributed by atoms with Gasteiger partial charge in [0, 0.05) is 22.2 Å². The van der Waals surface area contributed by atoms with Crippen LogP contribution in [0.4, 0.5) is 5.69 Å². The summed E-state index contributed by atoms with van der Waals surface area (Å²) in [6.45, 7) is 2.11. The van der Waals surface area contributed by atoms with Crippen molar-refractivity contribution in [1.29, 1.82) is 0 Å². The first-order valence-corrected chi connectivity index (χ1v) is 8.87. The summed E-state index contributed by atoms with van der Waals surface area (Å²) in [7, 11) is 0. The molecule has 1 heterocycles. The Labute approximate surface area is 151 Å². The third kappa shape index (κ3) is 2.38. The first kappa shape index (κ1) is 15.4. The molecule has 2 aromatic rings. The predicted octanol–water partition coefficient (Wildman–Crippen LogP) is 6.78. The number of nitrogens with one attached hydrogen (secondary N) is 1. The lowest BCUT2D eigenvalue weighted by molar-refractivity contribution is 0.425. The number of anilines is 1. The molecule has 1 N–H and O–H groups in total. The Morgan fingerprint density at radius 2 is 1.87 bits per heavy atom. The summed E-state index contributed by atoms with van der Waals surface area (Å²) < 4.78 is 0. The topological polar surface area (TPSA) is 12.0 Å². The van der Waals surface area contributed by atoms with Crippen molar-refractivity contribution in [2.45, 2.75) is 25.3 Å². The molecule has 4 rings (SSSR count). The lowest BCUT2D eigenvalue weighted by atomic mass is 9.76. The van der Waals surface area contributed by atoms with Crippen LogP contribution in [0.1, 0.15) is 35.1 Å². The number of rotatable bonds is 1. The summed E-state index contributed by atoms with van der Waals surface area (Å²) in [6.07, 6.45) is 5.53. The third-order valence-electron chi connectivity index (χ3n) is 4.99. The maximum Gasteiger partial charge on any atom is 0.0645 e. The van der Waals surface area contributed by atoms with E-state index in [0.29, 0.717) is 21.9 Å². The van der Waals surface area contributed by atoms with Gasteiger partial charge in [-0.15, -0.1) is 0 Å². The molecule has 3 atom stereocenters. The quantitative estimate of drug-likeness (QED) is 0.550. The molecule has 0 amide bonds. The highest BCUT2D eigenvalue weighted by molar-refractivity contribution is 6.42. The lowest BCUT2D eigenvalue weighted by Crippen LogP contribution is -2.30. The molecule has 23 heavy (non-hydrogen) atoms. The van der Waals surface area contributed by atoms with Crippen LogP contribution in [0.25, 0.3) is 0 Å². The van der Waals surface area contributed by atoms with Crippen LogP contribution in [0, 0.1) is 12.8 Å². The van der Waals surface area contributed by atoms with Crippen LogP contribution in [-0.4, -0.2) is 0 Å². The molecule has 2 aliphatic rings. The summed E-state index contributed by atoms with van der Waals surface area (Å²) in [5, 5.41) is 5.76. The zero-order valence-electron chi connectivity index (χ0n) is 12.6. The second-order valence-corrected chi connectivity index (χ2v) is 7.46. The minimum atomic E-state index is 0.130. The van der Waals surface area contributed by atoms with E-state index in [4.69, 9.17) is 34.8 Å². The van der Waals surface area contributed by atoms with Crippen LogP contribution in [0.2, 0.25) is 15.1 Å². The Kier molecular flexibility index (Phi) is 3.84. The smallest absolute Gasteiger partial charge is 0.0645 e. The maximum atomic E-state index is 6.51. The van der Waals surface area contributed by atoms with Crippen LogP contribution in [0.15, 0.2) is 42.5 Å². The molecular formula is C19H16Cl3N. The molecule has 1 aliphatic carbocycles. The molecule has 2 aromatic carbocycles. The summed E-state index contributed by atoms with van der Waals surface area (Å²) in [4.78, 5) is 0. The van der Waals surface area contributed by atoms with E-state index in [9.17, 15) is 0 Å². The Morgan fingerprint density at radius 1 is 1.04 bits per heavy atom. The third-order valence-corrected chi connectivity index (χ3v) is 6.15. The van der Waals surface area contributed by atoms with Crippen LogP contribution < -0.4 is 5.32 Å². The normalized spacial score (nSPS) is 25.0. The number of benzene rings is 2. The molecule has 0 unspecified atom stereocenters. The molecule has 0 saturated heterocycles. The monoisotopic (exact) mass is 363 g/mol. The molecule has 1 aliphatic heterocycles. The average molecular weight is 365 g/mol. The maximum absolute atomic E-state index is 6.51. The van der Waals surface area contributed by atoms with Crippen molar-refractivity contribution in [2.75, 3.05) is 5.32 Å². The van der Waals surface area contributed by atoms with Crippen LogP contribution in [0.5, 0.6) is 0 Å². The Bertz CT molecular complexity index is 813. The van der Waals surface area contributed by atoms with Gasteiger partial charge in [-0.05, 0) is 42.5 Å². The van der Waals surface area contributed by atoms with Gasteiger partial charge in [-0.25, -0.2) is 0 Å². The fourth-order valence-electron chi connectivity index (χ4n) is 3.88. The lowest BCUT2D eigenvalue weighted by Gasteiger charge is -2.39. The molecule has 4 heteroatoms. The molecule has 1 nitrogen and oxygen atoms in total. The van der Waals surface area contributed by atoms with Crippen LogP contribution in [-0.2, 0) is 0 Å². The van der Waals surface area contributed by atoms with E-state index in [1.165, 1.54) is 11.1 Å². The van der Waals surface area contributed by atoms with Crippen molar-refractivity contribution in [3.63, 3.8) is 0 Å². The minimum Gasteiger partial charge on any atom is -0.377 e. The van der Waals surface area contributed by atoms with E-state index in [1.807, 2.05) is 18.2 Å². The molecule has 0 fully saturated rings. The van der Waals surface area contributed by atoms with Gasteiger partial charge in [-0.3, -0.25) is 0 Å². The van der Waals surface area contributed by atoms with Crippen LogP contribution >= 0.6 is 34.8 Å². The standard InChI is InChI=1S/C19H16Cl3N/c1-10-8-9-14(20)16-11-4-2-5-12(11)19(23-18(10)16)13-6-3-7-15(21)17(13)22/h2-4,6-9,11-12,19,23H,5H2,1H3/t11-,12-,19-/m0/s1. The van der Waals surface area contributed by atoms with Gasteiger partial charge in [0.15, 0.2) is 0 Å². The number of fused-ring (bicyclic) bond motifs is 3. The predicted molar refractivity (Wildman–Crippen MR) is 99.0 cm³/mol. The number of aryl methyl sites for hydroxylation is 1. The summed E-state index contributed by atoms with van der Waals surface area (Å²) >= 11 is 19.2. The Balaban J connectivity index is 1.88. The van der Waals surface area contributed by atoms with Crippen molar-refractivity contribution in [3.8, 4) is 0 Å². The molecule has 0 saturated carbocycles. The molecule has 0 bridgehead atoms. The fraction of sp³-hybridized carbons (Fsp3) is 0.263. The van der Waals surface area contributed by atoms with E-state index in [2.05, 4.69) is 36.5 Å². The number of halogens is 3. The van der Waals surface area contributed by atoms with Gasteiger partial charge in [0.05, 0.1) is 16.1 Å². The molecule has 118 valence electrons. The highest BCUT2D eigenvalue weighted by atomic mass is 35.5. The van der Waals surface area contributed by atoms with E-state index < -0.39 is 0 Å². The van der Waals surface area contributed by atoms with Gasteiger partial charge in [0.2, 0.25) is 0 Å². The second-order valence-electron chi connectivity index (χ2n) is 6.27.